The summed E-state index contributed by atoms with van der Waals surface area (Å²) in [5.41, 5.74) is 4.30. The molecule has 1 aliphatic rings. The van der Waals surface area contributed by atoms with Crippen molar-refractivity contribution >= 4 is 17.6 Å². The van der Waals surface area contributed by atoms with Crippen molar-refractivity contribution in [1.82, 2.24) is 0 Å². The van der Waals surface area contributed by atoms with Crippen molar-refractivity contribution in [1.29, 1.82) is 0 Å². The Morgan fingerprint density at radius 1 is 1.19 bits per heavy atom. The first-order valence-electron chi connectivity index (χ1n) is 10.7. The summed E-state index contributed by atoms with van der Waals surface area (Å²) in [5, 5.41) is 9.65. The minimum atomic E-state index is -0.698. The lowest BCUT2D eigenvalue weighted by Gasteiger charge is -2.37. The van der Waals surface area contributed by atoms with Crippen LogP contribution in [-0.4, -0.2) is 35.3 Å². The van der Waals surface area contributed by atoms with Crippen LogP contribution in [0.2, 0.25) is 0 Å². The van der Waals surface area contributed by atoms with E-state index >= 15 is 0 Å². The number of ether oxygens (including phenoxy) is 3. The average Bonchev–Trinajstić information content (AvgIpc) is 2.76. The molecule has 31 heavy (non-hydrogen) atoms. The van der Waals surface area contributed by atoms with Crippen LogP contribution >= 0.6 is 11.6 Å². The standard InChI is InChI=1S/C25H31ClO5/c1-6-29-24(28)21(26)13-18-7-9-19(10-8-18)30-14-25(5)12-11-20-17(4)22(27)15(2)16(3)23(20)31-25/h7-10,21,27H,6,11-14H2,1-5H3. The SMILES string of the molecule is CCOC(=O)C(Cl)Cc1ccc(OCC2(C)CCc3c(C)c(O)c(C)c(C)c3O2)cc1. The van der Waals surface area contributed by atoms with Crippen LogP contribution in [0.3, 0.4) is 0 Å². The number of hydrogen-bond donors (Lipinski definition) is 1. The molecule has 2 unspecified atom stereocenters. The molecule has 3 rings (SSSR count). The molecule has 0 spiro atoms. The fourth-order valence-corrected chi connectivity index (χ4v) is 4.12. The summed E-state index contributed by atoms with van der Waals surface area (Å²) in [6.45, 7) is 10.4. The Labute approximate surface area is 189 Å². The van der Waals surface area contributed by atoms with Crippen LogP contribution in [0.5, 0.6) is 17.2 Å². The summed E-state index contributed by atoms with van der Waals surface area (Å²) in [6.07, 6.45) is 2.04. The van der Waals surface area contributed by atoms with Crippen molar-refractivity contribution in [2.45, 2.75) is 64.9 Å². The van der Waals surface area contributed by atoms with Gasteiger partial charge in [0.1, 0.15) is 34.8 Å². The number of phenolic OH excluding ortho intramolecular Hbond substituents is 1. The Hall–Kier alpha value is -2.40. The molecule has 1 N–H and O–H groups in total. The molecular formula is C25H31ClO5. The molecule has 0 aromatic heterocycles. The lowest BCUT2D eigenvalue weighted by Crippen LogP contribution is -2.42. The molecule has 168 valence electrons. The number of carbonyl (C=O) groups is 1. The predicted molar refractivity (Wildman–Crippen MR) is 122 cm³/mol. The molecule has 1 aliphatic heterocycles. The summed E-state index contributed by atoms with van der Waals surface area (Å²) in [5.74, 6) is 1.56. The first-order valence-corrected chi connectivity index (χ1v) is 11.1. The second-order valence-electron chi connectivity index (χ2n) is 8.44. The van der Waals surface area contributed by atoms with Crippen molar-refractivity contribution in [2.24, 2.45) is 0 Å². The lowest BCUT2D eigenvalue weighted by molar-refractivity contribution is -0.142. The zero-order valence-corrected chi connectivity index (χ0v) is 19.6. The summed E-state index contributed by atoms with van der Waals surface area (Å²) in [7, 11) is 0. The molecule has 0 saturated heterocycles. The van der Waals surface area contributed by atoms with E-state index in [1.54, 1.807) is 6.92 Å². The van der Waals surface area contributed by atoms with Crippen LogP contribution in [0.25, 0.3) is 0 Å². The van der Waals surface area contributed by atoms with Crippen molar-refractivity contribution in [3.8, 4) is 17.2 Å². The Kier molecular flexibility index (Phi) is 7.05. The monoisotopic (exact) mass is 446 g/mol. The number of fused-ring (bicyclic) bond motifs is 1. The van der Waals surface area contributed by atoms with Crippen LogP contribution in [-0.2, 0) is 22.4 Å². The molecular weight excluding hydrogens is 416 g/mol. The van der Waals surface area contributed by atoms with E-state index in [9.17, 15) is 9.90 Å². The maximum Gasteiger partial charge on any atom is 0.324 e. The number of phenols is 1. The van der Waals surface area contributed by atoms with Crippen molar-refractivity contribution in [3.63, 3.8) is 0 Å². The Morgan fingerprint density at radius 3 is 2.52 bits per heavy atom. The predicted octanol–water partition coefficient (Wildman–Crippen LogP) is 5.19. The van der Waals surface area contributed by atoms with E-state index in [2.05, 4.69) is 6.92 Å². The molecule has 0 saturated carbocycles. The Morgan fingerprint density at radius 2 is 1.87 bits per heavy atom. The van der Waals surface area contributed by atoms with E-state index < -0.39 is 16.9 Å². The highest BCUT2D eigenvalue weighted by Crippen LogP contribution is 2.43. The third kappa shape index (κ3) is 5.09. The van der Waals surface area contributed by atoms with Gasteiger partial charge in [-0.15, -0.1) is 11.6 Å². The summed E-state index contributed by atoms with van der Waals surface area (Å²) < 4.78 is 17.4. The molecule has 0 radical (unpaired) electrons. The molecule has 0 bridgehead atoms. The van der Waals surface area contributed by atoms with Gasteiger partial charge < -0.3 is 19.3 Å². The molecule has 2 atom stereocenters. The number of carbonyl (C=O) groups excluding carboxylic acids is 1. The second kappa shape index (κ2) is 9.39. The van der Waals surface area contributed by atoms with Gasteiger partial charge in [-0.25, -0.2) is 0 Å². The number of esters is 1. The maximum atomic E-state index is 11.7. The number of rotatable bonds is 7. The smallest absolute Gasteiger partial charge is 0.324 e. The van der Waals surface area contributed by atoms with E-state index in [1.807, 2.05) is 45.0 Å². The molecule has 0 aliphatic carbocycles. The van der Waals surface area contributed by atoms with Crippen LogP contribution in [0, 0.1) is 20.8 Å². The van der Waals surface area contributed by atoms with Gasteiger partial charge in [0.2, 0.25) is 0 Å². The highest BCUT2D eigenvalue weighted by Gasteiger charge is 2.35. The van der Waals surface area contributed by atoms with Gasteiger partial charge in [0, 0.05) is 5.56 Å². The first-order chi connectivity index (χ1) is 14.6. The highest BCUT2D eigenvalue weighted by molar-refractivity contribution is 6.30. The summed E-state index contributed by atoms with van der Waals surface area (Å²) in [4.78, 5) is 11.7. The van der Waals surface area contributed by atoms with E-state index in [-0.39, 0.29) is 0 Å². The summed E-state index contributed by atoms with van der Waals surface area (Å²) in [6, 6.07) is 7.56. The number of aromatic hydroxyl groups is 1. The molecule has 6 heteroatoms. The second-order valence-corrected chi connectivity index (χ2v) is 8.97. The number of alkyl halides is 1. The van der Waals surface area contributed by atoms with E-state index in [4.69, 9.17) is 25.8 Å². The average molecular weight is 447 g/mol. The van der Waals surface area contributed by atoms with Crippen molar-refractivity contribution in [2.75, 3.05) is 13.2 Å². The van der Waals surface area contributed by atoms with E-state index in [1.165, 1.54) is 0 Å². The van der Waals surface area contributed by atoms with Crippen LogP contribution < -0.4 is 9.47 Å². The van der Waals surface area contributed by atoms with Crippen molar-refractivity contribution < 1.29 is 24.1 Å². The van der Waals surface area contributed by atoms with Gasteiger partial charge in [0.25, 0.3) is 0 Å². The molecule has 1 heterocycles. The maximum absolute atomic E-state index is 11.7. The summed E-state index contributed by atoms with van der Waals surface area (Å²) >= 11 is 6.11. The molecule has 2 aromatic rings. The van der Waals surface area contributed by atoms with Crippen LogP contribution in [0.1, 0.15) is 48.1 Å². The normalized spacial score (nSPS) is 18.6. The minimum Gasteiger partial charge on any atom is -0.507 e. The molecule has 0 fully saturated rings. The van der Waals surface area contributed by atoms with Crippen LogP contribution in [0.4, 0.5) is 0 Å². The highest BCUT2D eigenvalue weighted by atomic mass is 35.5. The first kappa shape index (κ1) is 23.3. The van der Waals surface area contributed by atoms with Gasteiger partial charge in [-0.05, 0) is 88.3 Å². The number of halogens is 1. The van der Waals surface area contributed by atoms with Crippen molar-refractivity contribution in [3.05, 3.63) is 52.1 Å². The van der Waals surface area contributed by atoms with Gasteiger partial charge in [-0.2, -0.15) is 0 Å². The Bertz CT molecular complexity index is 954. The van der Waals surface area contributed by atoms with Gasteiger partial charge in [-0.1, -0.05) is 12.1 Å². The largest absolute Gasteiger partial charge is 0.507 e. The number of benzene rings is 2. The topological polar surface area (TPSA) is 65.0 Å². The lowest BCUT2D eigenvalue weighted by atomic mass is 9.87. The molecule has 5 nitrogen and oxygen atoms in total. The zero-order chi connectivity index (χ0) is 22.8. The molecule has 2 aromatic carbocycles. The van der Waals surface area contributed by atoms with Crippen LogP contribution in [0.15, 0.2) is 24.3 Å². The fraction of sp³-hybridized carbons (Fsp3) is 0.480. The van der Waals surface area contributed by atoms with E-state index in [0.29, 0.717) is 25.4 Å². The number of hydrogen-bond acceptors (Lipinski definition) is 5. The quantitative estimate of drug-likeness (QED) is 0.468. The molecule has 0 amide bonds. The van der Waals surface area contributed by atoms with Gasteiger partial charge in [-0.3, -0.25) is 4.79 Å². The van der Waals surface area contributed by atoms with Gasteiger partial charge >= 0.3 is 5.97 Å². The fourth-order valence-electron chi connectivity index (χ4n) is 3.88. The zero-order valence-electron chi connectivity index (χ0n) is 18.9. The Balaban J connectivity index is 1.64. The van der Waals surface area contributed by atoms with Gasteiger partial charge in [0.05, 0.1) is 6.61 Å². The van der Waals surface area contributed by atoms with Gasteiger partial charge in [0.15, 0.2) is 0 Å². The third-order valence-corrected chi connectivity index (χ3v) is 6.35. The third-order valence-electron chi connectivity index (χ3n) is 6.02. The minimum absolute atomic E-state index is 0.319. The van der Waals surface area contributed by atoms with E-state index in [0.717, 1.165) is 52.2 Å².